The molecule has 0 aliphatic heterocycles. The van der Waals surface area contributed by atoms with Gasteiger partial charge in [-0.25, -0.2) is 0 Å². The summed E-state index contributed by atoms with van der Waals surface area (Å²) < 4.78 is 0. The number of anilines is 2. The molecule has 0 radical (unpaired) electrons. The Morgan fingerprint density at radius 3 is 1.89 bits per heavy atom. The van der Waals surface area contributed by atoms with Gasteiger partial charge in [-0.3, -0.25) is 29.4 Å². The molecule has 17 nitrogen and oxygen atoms in total. The van der Waals surface area contributed by atoms with E-state index in [2.05, 4.69) is 51.9 Å². The molecule has 3 heterocycles. The highest BCUT2D eigenvalue weighted by atomic mass is 16.6. The fourth-order valence-electron chi connectivity index (χ4n) is 6.04. The van der Waals surface area contributed by atoms with E-state index in [-0.39, 0.29) is 46.6 Å². The number of nitrogens with one attached hydrogen (secondary N) is 7. The lowest BCUT2D eigenvalue weighted by Gasteiger charge is -2.33. The number of hydrogen-bond donors (Lipinski definition) is 7. The summed E-state index contributed by atoms with van der Waals surface area (Å²) in [4.78, 5) is 61.8. The van der Waals surface area contributed by atoms with Gasteiger partial charge in [0.25, 0.3) is 17.7 Å². The van der Waals surface area contributed by atoms with Crippen LogP contribution in [0.2, 0.25) is 0 Å². The lowest BCUT2D eigenvalue weighted by molar-refractivity contribution is -0.389. The van der Waals surface area contributed by atoms with Crippen LogP contribution in [0.1, 0.15) is 103 Å². The Labute approximate surface area is 257 Å². The van der Waals surface area contributed by atoms with Crippen LogP contribution in [0, 0.1) is 22.0 Å². The number of H-pyrrole nitrogens is 3. The van der Waals surface area contributed by atoms with Crippen molar-refractivity contribution in [2.75, 3.05) is 10.6 Å². The van der Waals surface area contributed by atoms with Crippen molar-refractivity contribution < 1.29 is 24.1 Å². The second-order valence-corrected chi connectivity index (χ2v) is 11.7. The Kier molecular flexibility index (Phi) is 9.84. The van der Waals surface area contributed by atoms with Gasteiger partial charge in [0.15, 0.2) is 17.3 Å². The fraction of sp³-hybridized carbons (Fsp3) is 0.536. The molecule has 0 saturated heterocycles. The number of rotatable bonds is 11. The van der Waals surface area contributed by atoms with Gasteiger partial charge < -0.3 is 31.4 Å². The highest BCUT2D eigenvalue weighted by Gasteiger charge is 2.33. The molecule has 3 aromatic heterocycles. The molecule has 0 aromatic carbocycles. The molecule has 2 fully saturated rings. The van der Waals surface area contributed by atoms with Crippen molar-refractivity contribution >= 4 is 41.1 Å². The quantitative estimate of drug-likeness (QED) is 0.122. The molecule has 240 valence electrons. The number of aromatic amines is 3. The van der Waals surface area contributed by atoms with E-state index in [0.29, 0.717) is 5.92 Å². The second-order valence-electron chi connectivity index (χ2n) is 11.7. The van der Waals surface area contributed by atoms with Crippen molar-refractivity contribution in [2.45, 2.75) is 83.2 Å². The molecule has 7 N–H and O–H groups in total. The number of carbonyl (C=O) groups excluding carboxylic acids is 4. The summed E-state index contributed by atoms with van der Waals surface area (Å²) in [5.74, 6) is -2.07. The standard InChI is InChI=1S/C28H37N11O6/c1-15(16-8-4-2-5-9-16)29-28(43)24(17-10-6-3-7-11-17)32-27(42)19-13-22(37-34-19)30-25(40)18-12-21(36-33-18)31-26(41)20-14-23(38-35-20)39(44)45/h12-17,24H,2-11H2,1H3,(H,29,43)(H,32,42)(H,35,38)(H2,30,34,37,40)(H2,31,33,36,41). The van der Waals surface area contributed by atoms with Gasteiger partial charge in [0.2, 0.25) is 5.91 Å². The number of aromatic nitrogens is 6. The van der Waals surface area contributed by atoms with Gasteiger partial charge in [-0.05, 0) is 49.4 Å². The first-order valence-electron chi connectivity index (χ1n) is 15.2. The summed E-state index contributed by atoms with van der Waals surface area (Å²) >= 11 is 0. The third-order valence-electron chi connectivity index (χ3n) is 8.54. The van der Waals surface area contributed by atoms with E-state index in [0.717, 1.165) is 51.0 Å². The third kappa shape index (κ3) is 7.90. The van der Waals surface area contributed by atoms with E-state index in [1.54, 1.807) is 0 Å². The average Bonchev–Trinajstić information content (AvgIpc) is 3.82. The maximum Gasteiger partial charge on any atom is 0.343 e. The van der Waals surface area contributed by atoms with Crippen LogP contribution in [-0.4, -0.2) is 71.2 Å². The molecule has 2 aliphatic rings. The maximum atomic E-state index is 13.5. The first kappa shape index (κ1) is 31.3. The zero-order chi connectivity index (χ0) is 31.9. The minimum atomic E-state index is -0.774. The zero-order valence-corrected chi connectivity index (χ0v) is 24.9. The molecule has 45 heavy (non-hydrogen) atoms. The fourth-order valence-corrected chi connectivity index (χ4v) is 6.04. The van der Waals surface area contributed by atoms with Crippen LogP contribution in [0.3, 0.4) is 0 Å². The molecule has 2 atom stereocenters. The van der Waals surface area contributed by atoms with E-state index in [1.807, 2.05) is 6.92 Å². The Hall–Kier alpha value is -5.09. The summed E-state index contributed by atoms with van der Waals surface area (Å²) in [6.07, 6.45) is 10.6. The van der Waals surface area contributed by atoms with Crippen LogP contribution in [0.25, 0.3) is 0 Å². The van der Waals surface area contributed by atoms with Gasteiger partial charge in [-0.15, -0.1) is 5.10 Å². The van der Waals surface area contributed by atoms with E-state index < -0.39 is 34.5 Å². The topological polar surface area (TPSA) is 246 Å². The molecule has 2 saturated carbocycles. The summed E-state index contributed by atoms with van der Waals surface area (Å²) in [5.41, 5.74) is -0.196. The Balaban J connectivity index is 1.18. The molecule has 5 rings (SSSR count). The summed E-state index contributed by atoms with van der Waals surface area (Å²) in [6, 6.07) is 2.91. The molecular weight excluding hydrogens is 586 g/mol. The van der Waals surface area contributed by atoms with Gasteiger partial charge in [-0.2, -0.15) is 10.2 Å². The largest absolute Gasteiger partial charge is 0.358 e. The van der Waals surface area contributed by atoms with Crippen molar-refractivity contribution in [1.82, 2.24) is 41.2 Å². The average molecular weight is 624 g/mol. The van der Waals surface area contributed by atoms with E-state index in [9.17, 15) is 29.3 Å². The smallest absolute Gasteiger partial charge is 0.343 e. The van der Waals surface area contributed by atoms with Crippen LogP contribution in [0.4, 0.5) is 17.5 Å². The van der Waals surface area contributed by atoms with Crippen molar-refractivity contribution in [3.8, 4) is 0 Å². The van der Waals surface area contributed by atoms with Crippen LogP contribution in [-0.2, 0) is 4.79 Å². The number of nitro groups is 1. The first-order valence-corrected chi connectivity index (χ1v) is 15.2. The Bertz CT molecular complexity index is 1530. The van der Waals surface area contributed by atoms with Crippen molar-refractivity contribution in [3.05, 3.63) is 45.4 Å². The Morgan fingerprint density at radius 1 is 0.756 bits per heavy atom. The third-order valence-corrected chi connectivity index (χ3v) is 8.54. The molecule has 0 bridgehead atoms. The van der Waals surface area contributed by atoms with Crippen LogP contribution >= 0.6 is 0 Å². The molecule has 2 unspecified atom stereocenters. The second kappa shape index (κ2) is 14.1. The molecule has 2 aliphatic carbocycles. The van der Waals surface area contributed by atoms with Gasteiger partial charge >= 0.3 is 5.82 Å². The summed E-state index contributed by atoms with van der Waals surface area (Å²) in [5, 5.41) is 40.4. The van der Waals surface area contributed by atoms with Crippen LogP contribution in [0.15, 0.2) is 18.2 Å². The van der Waals surface area contributed by atoms with Gasteiger partial charge in [-0.1, -0.05) is 43.6 Å². The molecule has 3 aromatic rings. The number of nitrogens with zero attached hydrogens (tertiary/aromatic N) is 4. The van der Waals surface area contributed by atoms with Gasteiger partial charge in [0, 0.05) is 18.2 Å². The van der Waals surface area contributed by atoms with Crippen molar-refractivity contribution in [1.29, 1.82) is 0 Å². The number of hydrogen-bond acceptors (Lipinski definition) is 9. The minimum Gasteiger partial charge on any atom is -0.358 e. The predicted molar refractivity (Wildman–Crippen MR) is 160 cm³/mol. The minimum absolute atomic E-state index is 0.0252. The van der Waals surface area contributed by atoms with Gasteiger partial charge in [0.05, 0.1) is 6.07 Å². The van der Waals surface area contributed by atoms with Crippen LogP contribution in [0.5, 0.6) is 0 Å². The van der Waals surface area contributed by atoms with E-state index in [1.165, 1.54) is 31.4 Å². The maximum absolute atomic E-state index is 13.5. The van der Waals surface area contributed by atoms with E-state index in [4.69, 9.17) is 0 Å². The predicted octanol–water partition coefficient (Wildman–Crippen LogP) is 3.03. The van der Waals surface area contributed by atoms with Gasteiger partial charge in [0.1, 0.15) is 17.4 Å². The molecule has 4 amide bonds. The zero-order valence-electron chi connectivity index (χ0n) is 24.9. The highest BCUT2D eigenvalue weighted by molar-refractivity contribution is 6.06. The highest BCUT2D eigenvalue weighted by Crippen LogP contribution is 2.29. The lowest BCUT2D eigenvalue weighted by Crippen LogP contribution is -2.54. The first-order chi connectivity index (χ1) is 21.7. The Morgan fingerprint density at radius 2 is 1.31 bits per heavy atom. The molecular formula is C28H37N11O6. The monoisotopic (exact) mass is 623 g/mol. The van der Waals surface area contributed by atoms with Crippen molar-refractivity contribution in [3.63, 3.8) is 0 Å². The van der Waals surface area contributed by atoms with Crippen LogP contribution < -0.4 is 21.3 Å². The number of carbonyl (C=O) groups is 4. The van der Waals surface area contributed by atoms with Crippen molar-refractivity contribution in [2.24, 2.45) is 11.8 Å². The normalized spacial score (nSPS) is 17.2. The molecule has 17 heteroatoms. The summed E-state index contributed by atoms with van der Waals surface area (Å²) in [6.45, 7) is 2.04. The number of amides is 4. The lowest BCUT2D eigenvalue weighted by atomic mass is 9.82. The SMILES string of the molecule is CC(NC(=O)C(NC(=O)c1cc(NC(=O)c2cc(NC(=O)c3cc([N+](=O)[O-])[nH]n3)n[nH]2)n[nH]1)C1CCCCC1)C1CCCCC1. The molecule has 0 spiro atoms. The summed E-state index contributed by atoms with van der Waals surface area (Å²) in [7, 11) is 0. The van der Waals surface area contributed by atoms with E-state index >= 15 is 0 Å².